The van der Waals surface area contributed by atoms with E-state index >= 15 is 0 Å². The van der Waals surface area contributed by atoms with Crippen LogP contribution in [0.5, 0.6) is 5.75 Å². The summed E-state index contributed by atoms with van der Waals surface area (Å²) in [6, 6.07) is 29.1. The summed E-state index contributed by atoms with van der Waals surface area (Å²) in [5.41, 5.74) is 3.67. The molecule has 0 fully saturated rings. The first-order chi connectivity index (χ1) is 15.3. The van der Waals surface area contributed by atoms with Gasteiger partial charge in [-0.25, -0.2) is 9.13 Å². The van der Waals surface area contributed by atoms with Crippen LogP contribution in [0.15, 0.2) is 104 Å². The van der Waals surface area contributed by atoms with Gasteiger partial charge in [-0.3, -0.25) is 0 Å². The topological polar surface area (TPSA) is 27.3 Å². The standard InChI is InChI=1S/C27H29N2O2.ClH/c1-30-26-14-12-24(13-15-26)21-31-27(25-10-6-3-7-11-25)20-29-19-18-28(22-29)17-16-23-8-4-2-5-9-23;/h2-15,18-19,22,27H,16-17,20-21H2,1H3;1H/q+1;/p-1. The molecule has 0 aliphatic carbocycles. The van der Waals surface area contributed by atoms with Crippen LogP contribution in [0, 0.1) is 0 Å². The molecular formula is C27H29ClN2O2. The quantitative estimate of drug-likeness (QED) is 0.347. The highest BCUT2D eigenvalue weighted by atomic mass is 35.5. The summed E-state index contributed by atoms with van der Waals surface area (Å²) in [7, 11) is 1.68. The molecule has 4 nitrogen and oxygen atoms in total. The van der Waals surface area contributed by atoms with E-state index in [1.807, 2.05) is 30.3 Å². The molecule has 1 unspecified atom stereocenters. The summed E-state index contributed by atoms with van der Waals surface area (Å²) in [4.78, 5) is 0. The van der Waals surface area contributed by atoms with Crippen molar-refractivity contribution in [2.24, 2.45) is 0 Å². The zero-order valence-corrected chi connectivity index (χ0v) is 19.1. The summed E-state index contributed by atoms with van der Waals surface area (Å²) in [6.45, 7) is 2.27. The molecule has 3 aromatic carbocycles. The zero-order valence-electron chi connectivity index (χ0n) is 18.3. The van der Waals surface area contributed by atoms with E-state index in [-0.39, 0.29) is 18.5 Å². The van der Waals surface area contributed by atoms with Crippen molar-refractivity contribution in [3.63, 3.8) is 0 Å². The Bertz CT molecular complexity index is 1050. The Morgan fingerprint density at radius 2 is 1.53 bits per heavy atom. The number of methoxy groups -OCH3 is 1. The van der Waals surface area contributed by atoms with Crippen LogP contribution < -0.4 is 21.7 Å². The second-order valence-corrected chi connectivity index (χ2v) is 7.64. The Labute approximate surface area is 196 Å². The first kappa shape index (κ1) is 23.6. The number of aryl methyl sites for hydroxylation is 2. The number of ether oxygens (including phenoxy) is 2. The summed E-state index contributed by atoms with van der Waals surface area (Å²) in [5.74, 6) is 0.857. The van der Waals surface area contributed by atoms with E-state index < -0.39 is 0 Å². The van der Waals surface area contributed by atoms with E-state index in [2.05, 4.69) is 82.5 Å². The van der Waals surface area contributed by atoms with Crippen molar-refractivity contribution in [3.8, 4) is 5.75 Å². The number of benzene rings is 3. The Kier molecular flexibility index (Phi) is 8.90. The summed E-state index contributed by atoms with van der Waals surface area (Å²) < 4.78 is 16.0. The lowest BCUT2D eigenvalue weighted by Gasteiger charge is -2.17. The molecule has 0 aliphatic heterocycles. The van der Waals surface area contributed by atoms with Gasteiger partial charge in [-0.2, -0.15) is 0 Å². The predicted molar refractivity (Wildman–Crippen MR) is 122 cm³/mol. The molecule has 4 aromatic rings. The largest absolute Gasteiger partial charge is 1.00 e. The van der Waals surface area contributed by atoms with Crippen LogP contribution in [0.2, 0.25) is 0 Å². The van der Waals surface area contributed by atoms with Gasteiger partial charge in [0.1, 0.15) is 30.8 Å². The van der Waals surface area contributed by atoms with Crippen LogP contribution in [-0.4, -0.2) is 11.7 Å². The minimum atomic E-state index is -0.0294. The summed E-state index contributed by atoms with van der Waals surface area (Å²) in [5, 5.41) is 0. The van der Waals surface area contributed by atoms with Crippen LogP contribution in [0.4, 0.5) is 0 Å². The number of hydrogen-bond donors (Lipinski definition) is 0. The van der Waals surface area contributed by atoms with Crippen molar-refractivity contribution >= 4 is 0 Å². The normalized spacial score (nSPS) is 11.5. The van der Waals surface area contributed by atoms with Crippen molar-refractivity contribution in [3.05, 3.63) is 120 Å². The Morgan fingerprint density at radius 1 is 0.844 bits per heavy atom. The van der Waals surface area contributed by atoms with Gasteiger partial charge in [0.25, 0.3) is 0 Å². The van der Waals surface area contributed by atoms with Crippen molar-refractivity contribution in [1.29, 1.82) is 0 Å². The lowest BCUT2D eigenvalue weighted by molar-refractivity contribution is -0.704. The highest BCUT2D eigenvalue weighted by Crippen LogP contribution is 2.20. The first-order valence-corrected chi connectivity index (χ1v) is 10.7. The van der Waals surface area contributed by atoms with E-state index in [0.29, 0.717) is 6.61 Å². The molecule has 1 heterocycles. The van der Waals surface area contributed by atoms with E-state index in [9.17, 15) is 0 Å². The molecule has 0 spiro atoms. The molecule has 32 heavy (non-hydrogen) atoms. The number of nitrogens with zero attached hydrogens (tertiary/aromatic N) is 2. The maximum atomic E-state index is 6.36. The summed E-state index contributed by atoms with van der Waals surface area (Å²) >= 11 is 0. The minimum absolute atomic E-state index is 0. The van der Waals surface area contributed by atoms with Gasteiger partial charge < -0.3 is 21.9 Å². The molecule has 166 valence electrons. The van der Waals surface area contributed by atoms with E-state index in [1.165, 1.54) is 11.1 Å². The van der Waals surface area contributed by atoms with Gasteiger partial charge in [-0.05, 0) is 28.8 Å². The molecule has 0 radical (unpaired) electrons. The lowest BCUT2D eigenvalue weighted by atomic mass is 10.1. The van der Waals surface area contributed by atoms with Gasteiger partial charge in [-0.1, -0.05) is 72.8 Å². The zero-order chi connectivity index (χ0) is 21.3. The van der Waals surface area contributed by atoms with Crippen LogP contribution in [-0.2, 0) is 30.9 Å². The van der Waals surface area contributed by atoms with E-state index in [0.717, 1.165) is 30.8 Å². The molecule has 0 N–H and O–H groups in total. The maximum absolute atomic E-state index is 6.36. The molecule has 0 saturated heterocycles. The number of rotatable bonds is 10. The van der Waals surface area contributed by atoms with Gasteiger partial charge in [-0.15, -0.1) is 0 Å². The fourth-order valence-electron chi connectivity index (χ4n) is 3.61. The second kappa shape index (κ2) is 12.1. The molecule has 0 aliphatic rings. The smallest absolute Gasteiger partial charge is 0.243 e. The third-order valence-corrected chi connectivity index (χ3v) is 5.41. The Morgan fingerprint density at radius 3 is 2.22 bits per heavy atom. The van der Waals surface area contributed by atoms with Crippen molar-refractivity contribution < 1.29 is 26.4 Å². The molecule has 0 bridgehead atoms. The highest BCUT2D eigenvalue weighted by molar-refractivity contribution is 5.27. The van der Waals surface area contributed by atoms with Crippen LogP contribution >= 0.6 is 0 Å². The highest BCUT2D eigenvalue weighted by Gasteiger charge is 2.17. The first-order valence-electron chi connectivity index (χ1n) is 10.7. The fourth-order valence-corrected chi connectivity index (χ4v) is 3.61. The maximum Gasteiger partial charge on any atom is 0.243 e. The number of imidazole rings is 1. The number of hydrogen-bond acceptors (Lipinski definition) is 2. The van der Waals surface area contributed by atoms with E-state index in [1.54, 1.807) is 7.11 Å². The molecule has 0 saturated carbocycles. The SMILES string of the molecule is COc1ccc(COC(C[n+]2ccn(CCc3ccccc3)c2)c2ccccc2)cc1.[Cl-]. The summed E-state index contributed by atoms with van der Waals surface area (Å²) in [6.07, 6.45) is 7.41. The van der Waals surface area contributed by atoms with Gasteiger partial charge in [0.05, 0.1) is 20.3 Å². The number of aromatic nitrogens is 2. The van der Waals surface area contributed by atoms with Crippen molar-refractivity contribution in [1.82, 2.24) is 4.57 Å². The Balaban J connectivity index is 0.00000289. The van der Waals surface area contributed by atoms with Crippen molar-refractivity contribution in [2.75, 3.05) is 7.11 Å². The Hall–Kier alpha value is -3.08. The van der Waals surface area contributed by atoms with E-state index in [4.69, 9.17) is 9.47 Å². The third-order valence-electron chi connectivity index (χ3n) is 5.41. The average Bonchev–Trinajstić information content (AvgIpc) is 3.29. The lowest BCUT2D eigenvalue weighted by Crippen LogP contribution is -3.00. The molecular weight excluding hydrogens is 420 g/mol. The molecule has 4 rings (SSSR count). The van der Waals surface area contributed by atoms with Crippen LogP contribution in [0.3, 0.4) is 0 Å². The van der Waals surface area contributed by atoms with Crippen LogP contribution in [0.1, 0.15) is 22.8 Å². The van der Waals surface area contributed by atoms with Gasteiger partial charge >= 0.3 is 0 Å². The van der Waals surface area contributed by atoms with Crippen LogP contribution in [0.25, 0.3) is 0 Å². The molecule has 5 heteroatoms. The monoisotopic (exact) mass is 448 g/mol. The number of halogens is 1. The minimum Gasteiger partial charge on any atom is -1.00 e. The fraction of sp³-hybridized carbons (Fsp3) is 0.222. The predicted octanol–water partition coefficient (Wildman–Crippen LogP) is 1.99. The third kappa shape index (κ3) is 6.71. The molecule has 0 amide bonds. The average molecular weight is 449 g/mol. The second-order valence-electron chi connectivity index (χ2n) is 7.64. The van der Waals surface area contributed by atoms with Crippen molar-refractivity contribution in [2.45, 2.75) is 32.2 Å². The van der Waals surface area contributed by atoms with Gasteiger partial charge in [0.2, 0.25) is 6.33 Å². The van der Waals surface area contributed by atoms with Gasteiger partial charge in [0, 0.05) is 6.42 Å². The molecule has 1 aromatic heterocycles. The van der Waals surface area contributed by atoms with Gasteiger partial charge in [0.15, 0.2) is 0 Å². The molecule has 1 atom stereocenters.